The molecule has 1 aromatic heterocycles. The molecule has 0 spiro atoms. The summed E-state index contributed by atoms with van der Waals surface area (Å²) >= 11 is 0. The van der Waals surface area contributed by atoms with Gasteiger partial charge in [0.25, 0.3) is 0 Å². The number of hydrogen-bond acceptors (Lipinski definition) is 2. The van der Waals surface area contributed by atoms with Gasteiger partial charge in [0.1, 0.15) is 17.3 Å². The van der Waals surface area contributed by atoms with Crippen LogP contribution in [0.5, 0.6) is 5.75 Å². The molecule has 0 saturated heterocycles. The molecule has 0 atom stereocenters. The minimum Gasteiger partial charge on any atom is -0.496 e. The average molecular weight is 294 g/mol. The standard InChI is InChI=1S/C15H13F3N2O/c1-5-13-9(2)20(10(3)19-13)11-6-7-12(15(16,17)18)14(8-11)21-4/h1,6-8H,2-4H3. The Kier molecular flexibility index (Phi) is 3.69. The third-order valence-corrected chi connectivity index (χ3v) is 3.16. The van der Waals surface area contributed by atoms with Crippen molar-refractivity contribution in [3.05, 3.63) is 41.0 Å². The highest BCUT2D eigenvalue weighted by atomic mass is 19.4. The maximum Gasteiger partial charge on any atom is 0.419 e. The van der Waals surface area contributed by atoms with Crippen molar-refractivity contribution in [3.63, 3.8) is 0 Å². The van der Waals surface area contributed by atoms with Gasteiger partial charge in [-0.3, -0.25) is 4.57 Å². The number of halogens is 3. The summed E-state index contributed by atoms with van der Waals surface area (Å²) in [6, 6.07) is 3.68. The number of aryl methyl sites for hydroxylation is 1. The van der Waals surface area contributed by atoms with Gasteiger partial charge in [0.05, 0.1) is 24.1 Å². The number of alkyl halides is 3. The Morgan fingerprint density at radius 2 is 1.95 bits per heavy atom. The van der Waals surface area contributed by atoms with E-state index in [-0.39, 0.29) is 5.75 Å². The topological polar surface area (TPSA) is 27.1 Å². The van der Waals surface area contributed by atoms with Crippen LogP contribution in [0, 0.1) is 26.2 Å². The molecule has 0 N–H and O–H groups in total. The predicted molar refractivity (Wildman–Crippen MR) is 72.5 cm³/mol. The highest BCUT2D eigenvalue weighted by Gasteiger charge is 2.34. The zero-order valence-corrected chi connectivity index (χ0v) is 11.7. The molecule has 21 heavy (non-hydrogen) atoms. The summed E-state index contributed by atoms with van der Waals surface area (Å²) in [5, 5.41) is 0. The Hall–Kier alpha value is -2.42. The molecule has 0 radical (unpaired) electrons. The van der Waals surface area contributed by atoms with Crippen LogP contribution in [-0.4, -0.2) is 16.7 Å². The van der Waals surface area contributed by atoms with Crippen LogP contribution >= 0.6 is 0 Å². The summed E-state index contributed by atoms with van der Waals surface area (Å²) in [5.74, 6) is 2.81. The lowest BCUT2D eigenvalue weighted by molar-refractivity contribution is -0.138. The summed E-state index contributed by atoms with van der Waals surface area (Å²) in [7, 11) is 1.20. The van der Waals surface area contributed by atoms with Crippen molar-refractivity contribution in [2.24, 2.45) is 0 Å². The van der Waals surface area contributed by atoms with Crippen molar-refractivity contribution in [2.45, 2.75) is 20.0 Å². The number of ether oxygens (including phenoxy) is 1. The van der Waals surface area contributed by atoms with Crippen LogP contribution in [0.4, 0.5) is 13.2 Å². The first-order chi connectivity index (χ1) is 9.79. The molecule has 2 aromatic rings. The fourth-order valence-electron chi connectivity index (χ4n) is 2.21. The van der Waals surface area contributed by atoms with E-state index in [0.717, 1.165) is 6.07 Å². The Balaban J connectivity index is 2.63. The molecule has 110 valence electrons. The highest BCUT2D eigenvalue weighted by Crippen LogP contribution is 2.37. The summed E-state index contributed by atoms with van der Waals surface area (Å²) in [4.78, 5) is 4.20. The van der Waals surface area contributed by atoms with Gasteiger partial charge in [0, 0.05) is 6.07 Å². The zero-order chi connectivity index (χ0) is 15.8. The quantitative estimate of drug-likeness (QED) is 0.793. The molecule has 1 heterocycles. The summed E-state index contributed by atoms with van der Waals surface area (Å²) < 4.78 is 45.1. The van der Waals surface area contributed by atoms with Crippen molar-refractivity contribution in [1.82, 2.24) is 9.55 Å². The van der Waals surface area contributed by atoms with Gasteiger partial charge in [-0.2, -0.15) is 13.2 Å². The smallest absolute Gasteiger partial charge is 0.419 e. The van der Waals surface area contributed by atoms with Crippen LogP contribution in [0.3, 0.4) is 0 Å². The third kappa shape index (κ3) is 2.59. The molecule has 0 bridgehead atoms. The predicted octanol–water partition coefficient (Wildman–Crippen LogP) is 3.50. The van der Waals surface area contributed by atoms with Crippen LogP contribution in [0.25, 0.3) is 5.69 Å². The summed E-state index contributed by atoms with van der Waals surface area (Å²) in [6.45, 7) is 3.50. The molecule has 0 aliphatic heterocycles. The second kappa shape index (κ2) is 5.17. The minimum absolute atomic E-state index is 0.241. The molecule has 0 amide bonds. The van der Waals surface area contributed by atoms with Crippen LogP contribution in [-0.2, 0) is 6.18 Å². The summed E-state index contributed by atoms with van der Waals surface area (Å²) in [5.41, 5.74) is 0.855. The van der Waals surface area contributed by atoms with Gasteiger partial charge >= 0.3 is 6.18 Å². The number of hydrogen-bond donors (Lipinski definition) is 0. The van der Waals surface area contributed by atoms with E-state index in [1.807, 2.05) is 0 Å². The molecule has 2 rings (SSSR count). The number of rotatable bonds is 2. The number of terminal acetylenes is 1. The van der Waals surface area contributed by atoms with Crippen LogP contribution in [0.2, 0.25) is 0 Å². The second-order valence-corrected chi connectivity index (χ2v) is 4.46. The van der Waals surface area contributed by atoms with Crippen molar-refractivity contribution in [1.29, 1.82) is 0 Å². The van der Waals surface area contributed by atoms with E-state index in [1.54, 1.807) is 18.4 Å². The number of aromatic nitrogens is 2. The number of benzene rings is 1. The third-order valence-electron chi connectivity index (χ3n) is 3.16. The summed E-state index contributed by atoms with van der Waals surface area (Å²) in [6.07, 6.45) is 0.884. The second-order valence-electron chi connectivity index (χ2n) is 4.46. The van der Waals surface area contributed by atoms with Gasteiger partial charge in [-0.1, -0.05) is 0 Å². The molecule has 6 heteroatoms. The molecule has 0 fully saturated rings. The first-order valence-corrected chi connectivity index (χ1v) is 6.07. The SMILES string of the molecule is C#Cc1nc(C)n(-c2ccc(C(F)(F)F)c(OC)c2)c1C. The van der Waals surface area contributed by atoms with Crippen molar-refractivity contribution < 1.29 is 17.9 Å². The molecule has 0 saturated carbocycles. The van der Waals surface area contributed by atoms with Crippen LogP contribution < -0.4 is 4.74 Å². The van der Waals surface area contributed by atoms with Gasteiger partial charge in [0.2, 0.25) is 0 Å². The number of imidazole rings is 1. The maximum atomic E-state index is 12.9. The van der Waals surface area contributed by atoms with E-state index < -0.39 is 11.7 Å². The van der Waals surface area contributed by atoms with Gasteiger partial charge in [0.15, 0.2) is 0 Å². The van der Waals surface area contributed by atoms with E-state index in [1.165, 1.54) is 19.2 Å². The van der Waals surface area contributed by atoms with E-state index in [9.17, 15) is 13.2 Å². The first-order valence-electron chi connectivity index (χ1n) is 6.07. The largest absolute Gasteiger partial charge is 0.496 e. The van der Waals surface area contributed by atoms with Crippen molar-refractivity contribution >= 4 is 0 Å². The van der Waals surface area contributed by atoms with Crippen molar-refractivity contribution in [3.8, 4) is 23.8 Å². The average Bonchev–Trinajstić information content (AvgIpc) is 2.71. The van der Waals surface area contributed by atoms with Gasteiger partial charge in [-0.05, 0) is 31.9 Å². The first kappa shape index (κ1) is 15.0. The van der Waals surface area contributed by atoms with Gasteiger partial charge in [-0.15, -0.1) is 6.42 Å². The fraction of sp³-hybridized carbons (Fsp3) is 0.267. The van der Waals surface area contributed by atoms with Crippen LogP contribution in [0.1, 0.15) is 22.8 Å². The molecule has 0 aliphatic rings. The Morgan fingerprint density at radius 3 is 2.43 bits per heavy atom. The van der Waals surface area contributed by atoms with E-state index in [0.29, 0.717) is 22.9 Å². The Labute approximate surface area is 120 Å². The molecule has 0 aliphatic carbocycles. The normalized spacial score (nSPS) is 11.3. The molecular formula is C15H13F3N2O. The highest BCUT2D eigenvalue weighted by molar-refractivity contribution is 5.49. The monoisotopic (exact) mass is 294 g/mol. The number of nitrogens with zero attached hydrogens (tertiary/aromatic N) is 2. The maximum absolute atomic E-state index is 12.9. The van der Waals surface area contributed by atoms with Crippen LogP contribution in [0.15, 0.2) is 18.2 Å². The Bertz CT molecular complexity index is 724. The van der Waals surface area contributed by atoms with E-state index >= 15 is 0 Å². The van der Waals surface area contributed by atoms with Gasteiger partial charge in [-0.25, -0.2) is 4.98 Å². The minimum atomic E-state index is -4.47. The van der Waals surface area contributed by atoms with Crippen molar-refractivity contribution in [2.75, 3.05) is 7.11 Å². The lowest BCUT2D eigenvalue weighted by atomic mass is 10.1. The molecular weight excluding hydrogens is 281 g/mol. The zero-order valence-electron chi connectivity index (χ0n) is 11.7. The molecule has 0 unspecified atom stereocenters. The molecule has 1 aromatic carbocycles. The lowest BCUT2D eigenvalue weighted by Crippen LogP contribution is -2.09. The number of methoxy groups -OCH3 is 1. The lowest BCUT2D eigenvalue weighted by Gasteiger charge is -2.15. The Morgan fingerprint density at radius 1 is 1.29 bits per heavy atom. The van der Waals surface area contributed by atoms with E-state index in [4.69, 9.17) is 11.2 Å². The molecule has 3 nitrogen and oxygen atoms in total. The van der Waals surface area contributed by atoms with Gasteiger partial charge < -0.3 is 4.74 Å². The fourth-order valence-corrected chi connectivity index (χ4v) is 2.21. The van der Waals surface area contributed by atoms with E-state index in [2.05, 4.69) is 10.9 Å².